The van der Waals surface area contributed by atoms with E-state index in [0.29, 0.717) is 16.9 Å². The zero-order chi connectivity index (χ0) is 15.4. The van der Waals surface area contributed by atoms with E-state index < -0.39 is 0 Å². The van der Waals surface area contributed by atoms with E-state index in [4.69, 9.17) is 4.74 Å². The molecular weight excluding hydrogens is 290 g/mol. The Morgan fingerprint density at radius 1 is 1.00 bits per heavy atom. The van der Waals surface area contributed by atoms with Crippen molar-refractivity contribution in [1.29, 1.82) is 0 Å². The van der Waals surface area contributed by atoms with Gasteiger partial charge in [0.2, 0.25) is 0 Å². The Balaban J connectivity index is 1.98. The van der Waals surface area contributed by atoms with Crippen molar-refractivity contribution in [2.45, 2.75) is 6.61 Å². The molecule has 0 atom stereocenters. The molecule has 2 aromatic carbocycles. The van der Waals surface area contributed by atoms with E-state index in [1.54, 1.807) is 6.20 Å². The molecule has 5 nitrogen and oxygen atoms in total. The van der Waals surface area contributed by atoms with Gasteiger partial charge in [-0.2, -0.15) is 5.10 Å². The van der Waals surface area contributed by atoms with Crippen molar-refractivity contribution < 1.29 is 9.53 Å². The highest BCUT2D eigenvalue weighted by Gasteiger charge is 2.30. The highest BCUT2D eigenvalue weighted by atomic mass is 16.5. The summed E-state index contributed by atoms with van der Waals surface area (Å²) < 4.78 is 5.20. The van der Waals surface area contributed by atoms with Crippen molar-refractivity contribution in [3.05, 3.63) is 59.9 Å². The van der Waals surface area contributed by atoms with Crippen LogP contribution in [0, 0.1) is 0 Å². The van der Waals surface area contributed by atoms with E-state index >= 15 is 0 Å². The second-order valence-corrected chi connectivity index (χ2v) is 5.54. The molecule has 4 aromatic rings. The highest BCUT2D eigenvalue weighted by Crippen LogP contribution is 2.38. The fourth-order valence-electron chi connectivity index (χ4n) is 3.27. The number of fused-ring (bicyclic) bond motifs is 3. The quantitative estimate of drug-likeness (QED) is 0.547. The number of cyclic esters (lactones) is 1. The fraction of sp³-hybridized carbons (Fsp3) is 0.0556. The lowest BCUT2D eigenvalue weighted by Gasteiger charge is -2.10. The minimum absolute atomic E-state index is 0.209. The number of aromatic amines is 1. The maximum absolute atomic E-state index is 12.3. The topological polar surface area (TPSA) is 67.9 Å². The number of benzene rings is 2. The molecule has 1 aliphatic rings. The first-order chi connectivity index (χ1) is 11.3. The average molecular weight is 301 g/mol. The van der Waals surface area contributed by atoms with Crippen LogP contribution in [-0.2, 0) is 11.3 Å². The predicted octanol–water partition coefficient (Wildman–Crippen LogP) is 3.45. The molecule has 2 aromatic heterocycles. The number of hydrogen-bond acceptors (Lipinski definition) is 4. The molecule has 5 rings (SSSR count). The van der Waals surface area contributed by atoms with Crippen molar-refractivity contribution in [2.24, 2.45) is 0 Å². The van der Waals surface area contributed by atoms with Crippen LogP contribution in [0.4, 0.5) is 0 Å². The number of hydrogen-bond donors (Lipinski definition) is 1. The predicted molar refractivity (Wildman–Crippen MR) is 86.0 cm³/mol. The van der Waals surface area contributed by atoms with Crippen LogP contribution < -0.4 is 0 Å². The summed E-state index contributed by atoms with van der Waals surface area (Å²) in [6.07, 6.45) is 1.71. The minimum atomic E-state index is -0.321. The number of ether oxygens (including phenoxy) is 1. The lowest BCUT2D eigenvalue weighted by molar-refractivity contribution is 0.0534. The van der Waals surface area contributed by atoms with Gasteiger partial charge < -0.3 is 4.74 Å². The first kappa shape index (κ1) is 12.3. The second-order valence-electron chi connectivity index (χ2n) is 5.54. The molecule has 0 aliphatic carbocycles. The zero-order valence-electron chi connectivity index (χ0n) is 12.0. The van der Waals surface area contributed by atoms with E-state index in [1.807, 2.05) is 24.3 Å². The molecule has 0 saturated heterocycles. The van der Waals surface area contributed by atoms with Crippen LogP contribution in [0.1, 0.15) is 16.1 Å². The number of carbonyl (C=O) groups is 1. The Labute approximate surface area is 130 Å². The lowest BCUT2D eigenvalue weighted by atomic mass is 9.93. The summed E-state index contributed by atoms with van der Waals surface area (Å²) in [7, 11) is 0. The molecule has 0 radical (unpaired) electrons. The van der Waals surface area contributed by atoms with Crippen LogP contribution in [0.15, 0.2) is 48.7 Å². The number of esters is 1. The maximum Gasteiger partial charge on any atom is 0.341 e. The van der Waals surface area contributed by atoms with Gasteiger partial charge in [0.25, 0.3) is 0 Å². The van der Waals surface area contributed by atoms with Crippen molar-refractivity contribution in [1.82, 2.24) is 15.2 Å². The standard InChI is InChI=1S/C18H11N3O2/c22-18-16-14(9-23-18)20-17-13(8-19-21-17)15(16)12-7-3-5-10-4-1-2-6-11(10)12/h1-8H,9H2,(H,19,20,21). The van der Waals surface area contributed by atoms with Gasteiger partial charge in [0.05, 0.1) is 17.5 Å². The molecule has 110 valence electrons. The lowest BCUT2D eigenvalue weighted by Crippen LogP contribution is -2.00. The van der Waals surface area contributed by atoms with Crippen LogP contribution >= 0.6 is 0 Å². The molecule has 0 bridgehead atoms. The van der Waals surface area contributed by atoms with E-state index in [2.05, 4.69) is 33.4 Å². The Morgan fingerprint density at radius 3 is 2.83 bits per heavy atom. The monoisotopic (exact) mass is 301 g/mol. The first-order valence-electron chi connectivity index (χ1n) is 7.34. The van der Waals surface area contributed by atoms with Gasteiger partial charge in [-0.05, 0) is 16.3 Å². The van der Waals surface area contributed by atoms with E-state index in [9.17, 15) is 4.79 Å². The first-order valence-corrected chi connectivity index (χ1v) is 7.34. The minimum Gasteiger partial charge on any atom is -0.455 e. The van der Waals surface area contributed by atoms with E-state index in [-0.39, 0.29) is 12.6 Å². The van der Waals surface area contributed by atoms with Gasteiger partial charge in [-0.25, -0.2) is 9.78 Å². The van der Waals surface area contributed by atoms with Crippen molar-refractivity contribution in [3.63, 3.8) is 0 Å². The summed E-state index contributed by atoms with van der Waals surface area (Å²) >= 11 is 0. The molecule has 1 aliphatic heterocycles. The maximum atomic E-state index is 12.3. The van der Waals surface area contributed by atoms with Gasteiger partial charge in [0, 0.05) is 10.9 Å². The number of H-pyrrole nitrogens is 1. The third-order valence-electron chi connectivity index (χ3n) is 4.28. The SMILES string of the molecule is O=C1OCc2nc3[nH]ncc3c(-c3cccc4ccccc34)c21. The second kappa shape index (κ2) is 4.39. The van der Waals surface area contributed by atoms with Crippen LogP contribution in [0.3, 0.4) is 0 Å². The summed E-state index contributed by atoms with van der Waals surface area (Å²) in [5.74, 6) is -0.321. The number of nitrogens with zero attached hydrogens (tertiary/aromatic N) is 2. The molecule has 0 spiro atoms. The molecule has 0 fully saturated rings. The Kier molecular flexibility index (Phi) is 2.36. The third kappa shape index (κ3) is 1.64. The summed E-state index contributed by atoms with van der Waals surface area (Å²) in [6, 6.07) is 14.2. The zero-order valence-corrected chi connectivity index (χ0v) is 12.0. The largest absolute Gasteiger partial charge is 0.455 e. The molecule has 0 saturated carbocycles. The number of aromatic nitrogens is 3. The Bertz CT molecular complexity index is 1090. The molecule has 1 N–H and O–H groups in total. The average Bonchev–Trinajstić information content (AvgIpc) is 3.19. The number of nitrogens with one attached hydrogen (secondary N) is 1. The summed E-state index contributed by atoms with van der Waals surface area (Å²) in [5.41, 5.74) is 3.72. The van der Waals surface area contributed by atoms with Gasteiger partial charge in [-0.3, -0.25) is 5.10 Å². The molecule has 5 heteroatoms. The molecular formula is C18H11N3O2. The molecule has 0 amide bonds. The molecule has 0 unspecified atom stereocenters. The Morgan fingerprint density at radius 2 is 1.87 bits per heavy atom. The van der Waals surface area contributed by atoms with Gasteiger partial charge in [-0.1, -0.05) is 42.5 Å². The number of pyridine rings is 1. The van der Waals surface area contributed by atoms with Crippen molar-refractivity contribution in [2.75, 3.05) is 0 Å². The summed E-state index contributed by atoms with van der Waals surface area (Å²) in [6.45, 7) is 0.209. The van der Waals surface area contributed by atoms with Crippen molar-refractivity contribution in [3.8, 4) is 11.1 Å². The normalized spacial score (nSPS) is 13.5. The third-order valence-corrected chi connectivity index (χ3v) is 4.28. The van der Waals surface area contributed by atoms with E-state index in [0.717, 1.165) is 27.3 Å². The number of carbonyl (C=O) groups excluding carboxylic acids is 1. The van der Waals surface area contributed by atoms with Crippen LogP contribution in [0.5, 0.6) is 0 Å². The summed E-state index contributed by atoms with van der Waals surface area (Å²) in [5, 5.41) is 10.0. The van der Waals surface area contributed by atoms with Gasteiger partial charge >= 0.3 is 5.97 Å². The highest BCUT2D eigenvalue weighted by molar-refractivity contribution is 6.12. The van der Waals surface area contributed by atoms with Gasteiger partial charge in [0.1, 0.15) is 6.61 Å². The van der Waals surface area contributed by atoms with E-state index in [1.165, 1.54) is 0 Å². The van der Waals surface area contributed by atoms with Crippen molar-refractivity contribution >= 4 is 27.8 Å². The fourth-order valence-corrected chi connectivity index (χ4v) is 3.27. The molecule has 3 heterocycles. The summed E-state index contributed by atoms with van der Waals surface area (Å²) in [4.78, 5) is 16.7. The van der Waals surface area contributed by atoms with Crippen LogP contribution in [-0.4, -0.2) is 21.2 Å². The number of rotatable bonds is 1. The Hall–Kier alpha value is -3.21. The van der Waals surface area contributed by atoms with Gasteiger partial charge in [0.15, 0.2) is 5.65 Å². The molecule has 23 heavy (non-hydrogen) atoms. The van der Waals surface area contributed by atoms with Gasteiger partial charge in [-0.15, -0.1) is 0 Å². The van der Waals surface area contributed by atoms with Crippen LogP contribution in [0.25, 0.3) is 32.9 Å². The van der Waals surface area contributed by atoms with Crippen LogP contribution in [0.2, 0.25) is 0 Å². The smallest absolute Gasteiger partial charge is 0.341 e.